The molecule has 0 saturated carbocycles. The van der Waals surface area contributed by atoms with Crippen LogP contribution in [0, 0.1) is 5.92 Å². The van der Waals surface area contributed by atoms with Crippen molar-refractivity contribution >= 4 is 22.4 Å². The number of para-hydroxylation sites is 1. The van der Waals surface area contributed by atoms with Gasteiger partial charge < -0.3 is 4.74 Å². The van der Waals surface area contributed by atoms with Crippen molar-refractivity contribution < 1.29 is 9.53 Å². The van der Waals surface area contributed by atoms with E-state index in [0.29, 0.717) is 19.6 Å². The number of benzene rings is 1. The van der Waals surface area contributed by atoms with E-state index in [0.717, 1.165) is 29.3 Å². The molecule has 5 heteroatoms. The first-order valence-corrected chi connectivity index (χ1v) is 9.69. The predicted molar refractivity (Wildman–Crippen MR) is 100 cm³/mol. The zero-order valence-electron chi connectivity index (χ0n) is 14.2. The van der Waals surface area contributed by atoms with Gasteiger partial charge in [-0.25, -0.2) is 4.98 Å². The lowest BCUT2D eigenvalue weighted by atomic mass is 9.95. The molecule has 0 saturated heterocycles. The van der Waals surface area contributed by atoms with Crippen molar-refractivity contribution in [2.75, 3.05) is 18.1 Å². The molecule has 1 aromatic heterocycles. The van der Waals surface area contributed by atoms with Crippen molar-refractivity contribution in [2.24, 2.45) is 5.92 Å². The second-order valence-electron chi connectivity index (χ2n) is 6.63. The number of hydrogen-bond acceptors (Lipinski definition) is 4. The van der Waals surface area contributed by atoms with Crippen LogP contribution in [0.15, 0.2) is 36.9 Å². The van der Waals surface area contributed by atoms with Gasteiger partial charge in [0.2, 0.25) is 5.91 Å². The van der Waals surface area contributed by atoms with E-state index in [1.165, 1.54) is 23.4 Å². The zero-order chi connectivity index (χ0) is 17.2. The summed E-state index contributed by atoms with van der Waals surface area (Å²) in [7, 11) is 0. The Morgan fingerprint density at radius 1 is 1.36 bits per heavy atom. The van der Waals surface area contributed by atoms with E-state index in [-0.39, 0.29) is 11.8 Å². The van der Waals surface area contributed by atoms with E-state index < -0.39 is 0 Å². The van der Waals surface area contributed by atoms with Crippen molar-refractivity contribution in [3.63, 3.8) is 0 Å². The van der Waals surface area contributed by atoms with Gasteiger partial charge in [0.1, 0.15) is 12.4 Å². The SMILES string of the molecule is C=CCN(C(=O)[C@@H]1COc2ccccc2C1)c1nc2c(s1)CCCC2. The summed E-state index contributed by atoms with van der Waals surface area (Å²) in [6, 6.07) is 7.96. The third-order valence-electron chi connectivity index (χ3n) is 4.87. The average molecular weight is 354 g/mol. The van der Waals surface area contributed by atoms with Crippen LogP contribution < -0.4 is 9.64 Å². The molecule has 0 fully saturated rings. The number of aromatic nitrogens is 1. The van der Waals surface area contributed by atoms with E-state index in [9.17, 15) is 4.79 Å². The highest BCUT2D eigenvalue weighted by molar-refractivity contribution is 7.16. The van der Waals surface area contributed by atoms with Crippen molar-refractivity contribution in [1.29, 1.82) is 0 Å². The van der Waals surface area contributed by atoms with Gasteiger partial charge in [0.15, 0.2) is 5.13 Å². The van der Waals surface area contributed by atoms with Crippen molar-refractivity contribution in [3.05, 3.63) is 53.1 Å². The van der Waals surface area contributed by atoms with Crippen LogP contribution in [0.3, 0.4) is 0 Å². The molecule has 2 aromatic rings. The number of aryl methyl sites for hydroxylation is 2. The van der Waals surface area contributed by atoms with E-state index in [1.54, 1.807) is 22.3 Å². The monoisotopic (exact) mass is 354 g/mol. The first-order valence-electron chi connectivity index (χ1n) is 8.88. The van der Waals surface area contributed by atoms with Gasteiger partial charge in [0, 0.05) is 11.4 Å². The van der Waals surface area contributed by atoms with Crippen LogP contribution in [0.1, 0.15) is 29.0 Å². The van der Waals surface area contributed by atoms with Crippen molar-refractivity contribution in [2.45, 2.75) is 32.1 Å². The number of amides is 1. The second kappa shape index (κ2) is 7.00. The fraction of sp³-hybridized carbons (Fsp3) is 0.400. The molecule has 0 unspecified atom stereocenters. The maximum atomic E-state index is 13.2. The Kier molecular flexibility index (Phi) is 4.57. The van der Waals surface area contributed by atoms with E-state index in [1.807, 2.05) is 24.3 Å². The number of thiazole rings is 1. The number of carbonyl (C=O) groups excluding carboxylic acids is 1. The van der Waals surface area contributed by atoms with Gasteiger partial charge in [-0.05, 0) is 43.7 Å². The Labute approximate surface area is 152 Å². The number of nitrogens with zero attached hydrogens (tertiary/aromatic N) is 2. The Hall–Kier alpha value is -2.14. The molecule has 25 heavy (non-hydrogen) atoms. The zero-order valence-corrected chi connectivity index (χ0v) is 15.1. The quantitative estimate of drug-likeness (QED) is 0.785. The van der Waals surface area contributed by atoms with Gasteiger partial charge in [-0.3, -0.25) is 9.69 Å². The van der Waals surface area contributed by atoms with Gasteiger partial charge in [0.25, 0.3) is 0 Å². The van der Waals surface area contributed by atoms with E-state index >= 15 is 0 Å². The summed E-state index contributed by atoms with van der Waals surface area (Å²) in [5, 5.41) is 0.815. The van der Waals surface area contributed by atoms with Crippen LogP contribution in [0.5, 0.6) is 5.75 Å². The number of hydrogen-bond donors (Lipinski definition) is 0. The van der Waals surface area contributed by atoms with Crippen molar-refractivity contribution in [1.82, 2.24) is 4.98 Å². The summed E-state index contributed by atoms with van der Waals surface area (Å²) in [5.74, 6) is 0.808. The smallest absolute Gasteiger partial charge is 0.235 e. The van der Waals surface area contributed by atoms with Gasteiger partial charge >= 0.3 is 0 Å². The molecule has 130 valence electrons. The van der Waals surface area contributed by atoms with Gasteiger partial charge in [-0.2, -0.15) is 0 Å². The summed E-state index contributed by atoms with van der Waals surface area (Å²) < 4.78 is 5.81. The van der Waals surface area contributed by atoms with Crippen molar-refractivity contribution in [3.8, 4) is 5.75 Å². The first-order chi connectivity index (χ1) is 12.3. The third-order valence-corrected chi connectivity index (χ3v) is 6.05. The van der Waals surface area contributed by atoms with E-state index in [4.69, 9.17) is 9.72 Å². The molecule has 1 aliphatic heterocycles. The molecular weight excluding hydrogens is 332 g/mol. The lowest BCUT2D eigenvalue weighted by molar-refractivity contribution is -0.123. The molecule has 1 amide bonds. The minimum Gasteiger partial charge on any atom is -0.492 e. The van der Waals surface area contributed by atoms with Crippen LogP contribution >= 0.6 is 11.3 Å². The molecule has 2 heterocycles. The Morgan fingerprint density at radius 3 is 3.04 bits per heavy atom. The lowest BCUT2D eigenvalue weighted by Gasteiger charge is -2.28. The second-order valence-corrected chi connectivity index (χ2v) is 7.69. The number of rotatable bonds is 4. The summed E-state index contributed by atoms with van der Waals surface area (Å²) in [6.45, 7) is 4.74. The average Bonchev–Trinajstić information content (AvgIpc) is 3.09. The molecule has 1 aliphatic carbocycles. The Bertz CT molecular complexity index is 775. The normalized spacial score (nSPS) is 18.6. The van der Waals surface area contributed by atoms with Gasteiger partial charge in [0.05, 0.1) is 11.6 Å². The molecule has 4 nitrogen and oxygen atoms in total. The topological polar surface area (TPSA) is 42.4 Å². The van der Waals surface area contributed by atoms with Gasteiger partial charge in [-0.15, -0.1) is 17.9 Å². The molecule has 1 atom stereocenters. The number of anilines is 1. The fourth-order valence-corrected chi connectivity index (χ4v) is 4.72. The molecule has 2 aliphatic rings. The number of ether oxygens (including phenoxy) is 1. The number of fused-ring (bicyclic) bond motifs is 2. The maximum absolute atomic E-state index is 13.2. The minimum absolute atomic E-state index is 0.0838. The standard InChI is InChI=1S/C20H22N2O2S/c1-2-11-22(20-21-16-8-4-6-10-18(16)25-20)19(23)15-12-14-7-3-5-9-17(14)24-13-15/h2-3,5,7,9,15H,1,4,6,8,10-13H2/t15-/m0/s1. The highest BCUT2D eigenvalue weighted by Gasteiger charge is 2.31. The molecule has 4 rings (SSSR count). The molecule has 0 bridgehead atoms. The molecule has 0 N–H and O–H groups in total. The summed E-state index contributed by atoms with van der Waals surface area (Å²) in [5.41, 5.74) is 2.28. The minimum atomic E-state index is -0.171. The number of carbonyl (C=O) groups is 1. The van der Waals surface area contributed by atoms with Crippen LogP contribution in [0.25, 0.3) is 0 Å². The molecule has 1 aromatic carbocycles. The summed E-state index contributed by atoms with van der Waals surface area (Å²) in [4.78, 5) is 21.1. The van der Waals surface area contributed by atoms with Crippen LogP contribution in [0.2, 0.25) is 0 Å². The highest BCUT2D eigenvalue weighted by atomic mass is 32.1. The molecular formula is C20H22N2O2S. The Balaban J connectivity index is 1.57. The van der Waals surface area contributed by atoms with Crippen LogP contribution in [-0.4, -0.2) is 24.0 Å². The van der Waals surface area contributed by atoms with Gasteiger partial charge in [-0.1, -0.05) is 24.3 Å². The fourth-order valence-electron chi connectivity index (χ4n) is 3.55. The predicted octanol–water partition coefficient (Wildman–Crippen LogP) is 3.79. The molecule has 0 radical (unpaired) electrons. The summed E-state index contributed by atoms with van der Waals surface area (Å²) >= 11 is 1.67. The van der Waals surface area contributed by atoms with Crippen LogP contribution in [-0.2, 0) is 24.1 Å². The molecule has 0 spiro atoms. The first kappa shape index (κ1) is 16.3. The maximum Gasteiger partial charge on any atom is 0.235 e. The highest BCUT2D eigenvalue weighted by Crippen LogP contribution is 2.34. The third kappa shape index (κ3) is 3.21. The van der Waals surface area contributed by atoms with E-state index in [2.05, 4.69) is 6.58 Å². The Morgan fingerprint density at radius 2 is 2.20 bits per heavy atom. The summed E-state index contributed by atoms with van der Waals surface area (Å²) in [6.07, 6.45) is 7.02. The lowest BCUT2D eigenvalue weighted by Crippen LogP contribution is -2.41. The van der Waals surface area contributed by atoms with Crippen LogP contribution in [0.4, 0.5) is 5.13 Å². The largest absolute Gasteiger partial charge is 0.492 e.